The molecule has 0 saturated carbocycles. The van der Waals surface area contributed by atoms with Crippen LogP contribution < -0.4 is 5.32 Å². The molecule has 0 aromatic carbocycles. The van der Waals surface area contributed by atoms with Crippen LogP contribution in [0.25, 0.3) is 11.5 Å². The lowest BCUT2D eigenvalue weighted by Gasteiger charge is -2.09. The lowest BCUT2D eigenvalue weighted by Crippen LogP contribution is -2.22. The van der Waals surface area contributed by atoms with Crippen molar-refractivity contribution < 1.29 is 0 Å². The summed E-state index contributed by atoms with van der Waals surface area (Å²) in [5, 5.41) is 3.36. The van der Waals surface area contributed by atoms with Crippen molar-refractivity contribution in [2.24, 2.45) is 0 Å². The lowest BCUT2D eigenvalue weighted by atomic mass is 10.2. The summed E-state index contributed by atoms with van der Waals surface area (Å²) in [6.45, 7) is 6.95. The van der Waals surface area contributed by atoms with Crippen LogP contribution in [-0.4, -0.2) is 21.0 Å². The van der Waals surface area contributed by atoms with E-state index in [1.807, 2.05) is 25.1 Å². The van der Waals surface area contributed by atoms with Gasteiger partial charge in [-0.2, -0.15) is 0 Å². The van der Waals surface area contributed by atoms with Gasteiger partial charge in [-0.15, -0.1) is 0 Å². The van der Waals surface area contributed by atoms with Gasteiger partial charge in [0.15, 0.2) is 5.82 Å². The average Bonchev–Trinajstić information content (AvgIpc) is 2.36. The minimum Gasteiger partial charge on any atom is -0.309 e. The molecule has 0 saturated heterocycles. The van der Waals surface area contributed by atoms with E-state index >= 15 is 0 Å². The van der Waals surface area contributed by atoms with Crippen LogP contribution in [0.5, 0.6) is 0 Å². The Morgan fingerprint density at radius 3 is 2.68 bits per heavy atom. The highest BCUT2D eigenvalue weighted by atomic mass is 79.9. The van der Waals surface area contributed by atoms with Crippen molar-refractivity contribution in [2.75, 3.05) is 0 Å². The Morgan fingerprint density at radius 1 is 1.26 bits per heavy atom. The Labute approximate surface area is 121 Å². The highest BCUT2D eigenvalue weighted by molar-refractivity contribution is 9.10. The van der Waals surface area contributed by atoms with Crippen molar-refractivity contribution in [3.63, 3.8) is 0 Å². The summed E-state index contributed by atoms with van der Waals surface area (Å²) in [7, 11) is 0. The first-order valence-corrected chi connectivity index (χ1v) is 7.04. The fraction of sp³-hybridized carbons (Fsp3) is 0.357. The van der Waals surface area contributed by atoms with Gasteiger partial charge in [0.25, 0.3) is 0 Å². The number of aromatic nitrogens is 3. The van der Waals surface area contributed by atoms with Crippen LogP contribution in [-0.2, 0) is 6.54 Å². The molecular weight excluding hydrogens is 304 g/mol. The van der Waals surface area contributed by atoms with E-state index in [0.717, 1.165) is 28.1 Å². The highest BCUT2D eigenvalue weighted by Gasteiger charge is 2.06. The minimum atomic E-state index is 0.435. The zero-order valence-corrected chi connectivity index (χ0v) is 12.9. The number of aryl methyl sites for hydroxylation is 1. The van der Waals surface area contributed by atoms with Crippen molar-refractivity contribution in [3.8, 4) is 11.5 Å². The minimum absolute atomic E-state index is 0.435. The summed E-state index contributed by atoms with van der Waals surface area (Å²) in [6, 6.07) is 6.29. The molecule has 0 radical (unpaired) electrons. The lowest BCUT2D eigenvalue weighted by molar-refractivity contribution is 0.580. The Balaban J connectivity index is 2.28. The molecule has 19 heavy (non-hydrogen) atoms. The van der Waals surface area contributed by atoms with E-state index in [9.17, 15) is 0 Å². The van der Waals surface area contributed by atoms with Crippen LogP contribution in [0.1, 0.15) is 25.2 Å². The highest BCUT2D eigenvalue weighted by Crippen LogP contribution is 2.16. The SMILES string of the molecule is Cc1cc(CNC(C)C)nc(-c2ccc(Br)cn2)n1. The van der Waals surface area contributed by atoms with Gasteiger partial charge in [0.2, 0.25) is 0 Å². The van der Waals surface area contributed by atoms with Gasteiger partial charge in [-0.1, -0.05) is 13.8 Å². The van der Waals surface area contributed by atoms with Gasteiger partial charge < -0.3 is 5.32 Å². The maximum atomic E-state index is 4.55. The van der Waals surface area contributed by atoms with Crippen LogP contribution in [0.15, 0.2) is 28.9 Å². The summed E-state index contributed by atoms with van der Waals surface area (Å²) in [5.74, 6) is 0.674. The summed E-state index contributed by atoms with van der Waals surface area (Å²) in [4.78, 5) is 13.3. The van der Waals surface area contributed by atoms with E-state index in [4.69, 9.17) is 0 Å². The molecule has 2 heterocycles. The van der Waals surface area contributed by atoms with Gasteiger partial charge in [0, 0.05) is 29.0 Å². The number of rotatable bonds is 4. The van der Waals surface area contributed by atoms with E-state index in [0.29, 0.717) is 11.9 Å². The molecule has 100 valence electrons. The molecule has 4 nitrogen and oxygen atoms in total. The van der Waals surface area contributed by atoms with Crippen LogP contribution in [0.4, 0.5) is 0 Å². The predicted molar refractivity (Wildman–Crippen MR) is 79.7 cm³/mol. The summed E-state index contributed by atoms with van der Waals surface area (Å²) >= 11 is 3.37. The molecule has 0 bridgehead atoms. The van der Waals surface area contributed by atoms with Gasteiger partial charge in [0.1, 0.15) is 5.69 Å². The largest absolute Gasteiger partial charge is 0.309 e. The Morgan fingerprint density at radius 2 is 2.05 bits per heavy atom. The Hall–Kier alpha value is -1.33. The second kappa shape index (κ2) is 6.21. The number of hydrogen-bond acceptors (Lipinski definition) is 4. The van der Waals surface area contributed by atoms with E-state index in [-0.39, 0.29) is 0 Å². The summed E-state index contributed by atoms with van der Waals surface area (Å²) < 4.78 is 0.950. The molecule has 0 aliphatic carbocycles. The smallest absolute Gasteiger partial charge is 0.178 e. The fourth-order valence-electron chi connectivity index (χ4n) is 1.66. The first-order valence-electron chi connectivity index (χ1n) is 6.24. The monoisotopic (exact) mass is 320 g/mol. The molecule has 0 amide bonds. The number of halogens is 1. The quantitative estimate of drug-likeness (QED) is 0.940. The van der Waals surface area contributed by atoms with Crippen molar-refractivity contribution >= 4 is 15.9 Å². The van der Waals surface area contributed by atoms with Gasteiger partial charge in [-0.05, 0) is 41.1 Å². The van der Waals surface area contributed by atoms with E-state index < -0.39 is 0 Å². The van der Waals surface area contributed by atoms with Crippen LogP contribution in [0, 0.1) is 6.92 Å². The number of hydrogen-bond donors (Lipinski definition) is 1. The van der Waals surface area contributed by atoms with Crippen LogP contribution in [0.2, 0.25) is 0 Å². The topological polar surface area (TPSA) is 50.7 Å². The fourth-order valence-corrected chi connectivity index (χ4v) is 1.89. The van der Waals surface area contributed by atoms with Crippen molar-refractivity contribution in [1.82, 2.24) is 20.3 Å². The van der Waals surface area contributed by atoms with Crippen LogP contribution >= 0.6 is 15.9 Å². The maximum absolute atomic E-state index is 4.55. The van der Waals surface area contributed by atoms with Gasteiger partial charge in [-0.3, -0.25) is 4.98 Å². The first-order chi connectivity index (χ1) is 9.04. The standard InChI is InChI=1S/C14H17BrN4/c1-9(2)16-8-12-6-10(3)18-14(19-12)13-5-4-11(15)7-17-13/h4-7,9,16H,8H2,1-3H3. The van der Waals surface area contributed by atoms with E-state index in [1.54, 1.807) is 6.20 Å². The predicted octanol–water partition coefficient (Wildman–Crippen LogP) is 3.11. The third kappa shape index (κ3) is 4.08. The molecule has 5 heteroatoms. The molecule has 0 atom stereocenters. The van der Waals surface area contributed by atoms with E-state index in [1.165, 1.54) is 0 Å². The van der Waals surface area contributed by atoms with Crippen molar-refractivity contribution in [3.05, 3.63) is 40.3 Å². The van der Waals surface area contributed by atoms with Crippen LogP contribution in [0.3, 0.4) is 0 Å². The zero-order valence-electron chi connectivity index (χ0n) is 11.3. The Bertz CT molecular complexity index is 552. The van der Waals surface area contributed by atoms with Gasteiger partial charge in [-0.25, -0.2) is 9.97 Å². The molecule has 2 rings (SSSR count). The number of pyridine rings is 1. The molecule has 0 spiro atoms. The third-order valence-electron chi connectivity index (χ3n) is 2.56. The van der Waals surface area contributed by atoms with Crippen molar-refractivity contribution in [1.29, 1.82) is 0 Å². The molecular formula is C14H17BrN4. The molecule has 1 N–H and O–H groups in total. The number of nitrogens with one attached hydrogen (secondary N) is 1. The second-order valence-electron chi connectivity index (χ2n) is 4.72. The molecule has 0 unspecified atom stereocenters. The summed E-state index contributed by atoms with van der Waals surface area (Å²) in [6.07, 6.45) is 1.76. The molecule has 0 fully saturated rings. The molecule has 2 aromatic heterocycles. The molecule has 0 aliphatic heterocycles. The Kier molecular flexibility index (Phi) is 4.61. The normalized spacial score (nSPS) is 11.0. The molecule has 0 aliphatic rings. The third-order valence-corrected chi connectivity index (χ3v) is 3.02. The van der Waals surface area contributed by atoms with Gasteiger partial charge >= 0.3 is 0 Å². The maximum Gasteiger partial charge on any atom is 0.178 e. The first kappa shape index (κ1) is 14.1. The van der Waals surface area contributed by atoms with Crippen molar-refractivity contribution in [2.45, 2.75) is 33.4 Å². The summed E-state index contributed by atoms with van der Waals surface area (Å²) in [5.41, 5.74) is 2.73. The average molecular weight is 321 g/mol. The zero-order chi connectivity index (χ0) is 13.8. The van der Waals surface area contributed by atoms with E-state index in [2.05, 4.69) is 50.0 Å². The van der Waals surface area contributed by atoms with Gasteiger partial charge in [0.05, 0.1) is 5.69 Å². The second-order valence-corrected chi connectivity index (χ2v) is 5.64. The number of nitrogens with zero attached hydrogens (tertiary/aromatic N) is 3. The molecule has 2 aromatic rings.